The number of hydrogen-bond donors (Lipinski definition) is 3. The zero-order chi connectivity index (χ0) is 31.4. The lowest BCUT2D eigenvalue weighted by Gasteiger charge is -2.36. The van der Waals surface area contributed by atoms with Gasteiger partial charge in [0.2, 0.25) is 17.9 Å². The largest absolute Gasteiger partial charge is 0.494 e. The molecule has 0 spiro atoms. The second-order valence-corrected chi connectivity index (χ2v) is 9.16. The number of primary amides is 1. The molecule has 0 bridgehead atoms. The van der Waals surface area contributed by atoms with Crippen LogP contribution in [0.5, 0.6) is 5.75 Å². The van der Waals surface area contributed by atoms with Crippen LogP contribution in [0, 0.1) is 0 Å². The molecule has 41 heavy (non-hydrogen) atoms. The van der Waals surface area contributed by atoms with E-state index in [0.29, 0.717) is 41.9 Å². The van der Waals surface area contributed by atoms with Crippen molar-refractivity contribution in [1.82, 2.24) is 4.90 Å². The van der Waals surface area contributed by atoms with Crippen molar-refractivity contribution < 1.29 is 37.3 Å². The van der Waals surface area contributed by atoms with Gasteiger partial charge >= 0.3 is 6.18 Å². The molecule has 0 fully saturated rings. The van der Waals surface area contributed by atoms with Gasteiger partial charge in [0.1, 0.15) is 11.5 Å². The van der Waals surface area contributed by atoms with Crippen LogP contribution in [-0.4, -0.2) is 58.8 Å². The predicted octanol–water partition coefficient (Wildman–Crippen LogP) is 4.75. The third-order valence-electron chi connectivity index (χ3n) is 6.63. The molecule has 1 aliphatic rings. The minimum absolute atomic E-state index is 0.00567. The number of aliphatic imine (C=N–C) groups is 1. The molecule has 0 saturated carbocycles. The van der Waals surface area contributed by atoms with Gasteiger partial charge in [0.25, 0.3) is 0 Å². The minimum atomic E-state index is -4.61. The second-order valence-electron chi connectivity index (χ2n) is 9.16. The van der Waals surface area contributed by atoms with Gasteiger partial charge in [-0.3, -0.25) is 14.5 Å². The van der Waals surface area contributed by atoms with E-state index in [0.717, 1.165) is 12.8 Å². The summed E-state index contributed by atoms with van der Waals surface area (Å²) in [5.41, 5.74) is 12.6. The highest BCUT2D eigenvalue weighted by molar-refractivity contribution is 5.99. The van der Waals surface area contributed by atoms with Crippen molar-refractivity contribution in [3.63, 3.8) is 0 Å². The standard InChI is InChI=1S/C18H26N4O3.C11H15F3O2/c1-4-18(5-2)10-15(23)22(17(20)21-18)11-13-9-12(16(19)24)7-8-14(13)25-6-3;1-4-8(5-2)9(6-3)16-10(7-15)11(12,13)14/h7-9H,4-6,10-11H2,1-3H3,(H2,19,24)(H2,20,21);4,6,10,15H,1,3,5,7H2,2H3/b;9-8-. The number of ether oxygens (including phenoxy) is 2. The lowest BCUT2D eigenvalue weighted by atomic mass is 9.88. The van der Waals surface area contributed by atoms with E-state index in [9.17, 15) is 22.8 Å². The molecule has 0 radical (unpaired) electrons. The average Bonchev–Trinajstić information content (AvgIpc) is 2.93. The quantitative estimate of drug-likeness (QED) is 0.226. The van der Waals surface area contributed by atoms with Crippen molar-refractivity contribution in [3.8, 4) is 5.75 Å². The van der Waals surface area contributed by atoms with Gasteiger partial charge in [0, 0.05) is 11.1 Å². The Labute approximate surface area is 239 Å². The number of nitrogens with two attached hydrogens (primary N) is 2. The first-order valence-electron chi connectivity index (χ1n) is 13.3. The number of halogens is 3. The smallest absolute Gasteiger partial charge is 0.427 e. The molecule has 228 valence electrons. The number of aliphatic hydroxyl groups is 1. The molecule has 0 aliphatic carbocycles. The molecular weight excluding hydrogens is 541 g/mol. The van der Waals surface area contributed by atoms with Gasteiger partial charge in [-0.25, -0.2) is 4.99 Å². The highest BCUT2D eigenvalue weighted by Gasteiger charge is 2.41. The Bertz CT molecular complexity index is 1140. The molecule has 1 unspecified atom stereocenters. The van der Waals surface area contributed by atoms with E-state index in [1.807, 2.05) is 20.8 Å². The number of allylic oxidation sites excluding steroid dienone is 3. The Morgan fingerprint density at radius 3 is 2.27 bits per heavy atom. The molecule has 1 atom stereocenters. The maximum atomic E-state index is 12.7. The van der Waals surface area contributed by atoms with Crippen LogP contribution in [0.2, 0.25) is 0 Å². The summed E-state index contributed by atoms with van der Waals surface area (Å²) in [6, 6.07) is 4.92. The number of carbonyl (C=O) groups is 2. The number of hydrogen-bond acceptors (Lipinski definition) is 7. The molecule has 2 rings (SSSR count). The first-order chi connectivity index (χ1) is 19.3. The van der Waals surface area contributed by atoms with E-state index >= 15 is 0 Å². The summed E-state index contributed by atoms with van der Waals surface area (Å²) < 4.78 is 47.2. The number of alkyl halides is 3. The summed E-state index contributed by atoms with van der Waals surface area (Å²) in [6.07, 6.45) is -1.96. The Hall–Kier alpha value is -3.80. The van der Waals surface area contributed by atoms with Gasteiger partial charge in [-0.1, -0.05) is 40.0 Å². The van der Waals surface area contributed by atoms with Crippen LogP contribution in [0.4, 0.5) is 13.2 Å². The van der Waals surface area contributed by atoms with E-state index in [1.54, 1.807) is 25.1 Å². The number of guanidine groups is 1. The molecule has 9 nitrogen and oxygen atoms in total. The molecule has 12 heteroatoms. The highest BCUT2D eigenvalue weighted by atomic mass is 19.4. The number of benzene rings is 1. The summed E-state index contributed by atoms with van der Waals surface area (Å²) >= 11 is 0. The monoisotopic (exact) mass is 582 g/mol. The molecule has 1 heterocycles. The zero-order valence-electron chi connectivity index (χ0n) is 24.1. The van der Waals surface area contributed by atoms with E-state index in [4.69, 9.17) is 21.3 Å². The molecule has 0 saturated heterocycles. The number of rotatable bonds is 13. The van der Waals surface area contributed by atoms with Crippen LogP contribution in [0.3, 0.4) is 0 Å². The van der Waals surface area contributed by atoms with Gasteiger partial charge in [-0.05, 0) is 56.0 Å². The third-order valence-corrected chi connectivity index (χ3v) is 6.63. The predicted molar refractivity (Wildman–Crippen MR) is 152 cm³/mol. The van der Waals surface area contributed by atoms with Crippen LogP contribution in [-0.2, 0) is 16.1 Å². The third kappa shape index (κ3) is 9.66. The first-order valence-corrected chi connectivity index (χ1v) is 13.3. The van der Waals surface area contributed by atoms with E-state index in [-0.39, 0.29) is 24.2 Å². The Morgan fingerprint density at radius 1 is 1.22 bits per heavy atom. The SMILES string of the molecule is C=C/C(CC)=C(\C=C)OC(CO)C(F)(F)F.CCOc1ccc(C(N)=O)cc1CN1C(=O)CC(CC)(CC)N=C1N. The van der Waals surface area contributed by atoms with Gasteiger partial charge in [0.15, 0.2) is 5.96 Å². The molecule has 1 aliphatic heterocycles. The number of nitrogens with zero attached hydrogens (tertiary/aromatic N) is 2. The number of amides is 2. The zero-order valence-corrected chi connectivity index (χ0v) is 24.1. The summed E-state index contributed by atoms with van der Waals surface area (Å²) in [6.45, 7) is 14.0. The van der Waals surface area contributed by atoms with Crippen LogP contribution >= 0.6 is 0 Å². The topological polar surface area (TPSA) is 140 Å². The fourth-order valence-corrected chi connectivity index (χ4v) is 4.03. The van der Waals surface area contributed by atoms with Crippen molar-refractivity contribution >= 4 is 17.8 Å². The Morgan fingerprint density at radius 2 is 1.85 bits per heavy atom. The fraction of sp³-hybridized carbons (Fsp3) is 0.483. The van der Waals surface area contributed by atoms with Gasteiger partial charge < -0.3 is 26.0 Å². The van der Waals surface area contributed by atoms with Gasteiger partial charge in [-0.2, -0.15) is 13.2 Å². The van der Waals surface area contributed by atoms with Crippen molar-refractivity contribution in [3.05, 3.63) is 66.0 Å². The maximum absolute atomic E-state index is 12.7. The van der Waals surface area contributed by atoms with E-state index < -0.39 is 30.3 Å². The number of carbonyl (C=O) groups excluding carboxylic acids is 2. The lowest BCUT2D eigenvalue weighted by Crippen LogP contribution is -2.50. The normalized spacial score (nSPS) is 16.0. The lowest BCUT2D eigenvalue weighted by molar-refractivity contribution is -0.217. The van der Waals surface area contributed by atoms with Crippen molar-refractivity contribution in [1.29, 1.82) is 0 Å². The average molecular weight is 583 g/mol. The Kier molecular flexibility index (Phi) is 13.6. The molecule has 1 aromatic rings. The van der Waals surface area contributed by atoms with Crippen molar-refractivity contribution in [2.24, 2.45) is 16.5 Å². The maximum Gasteiger partial charge on any atom is 0.427 e. The van der Waals surface area contributed by atoms with Crippen molar-refractivity contribution in [2.45, 2.75) is 77.7 Å². The molecular formula is C29H41F3N4O5. The molecule has 1 aromatic carbocycles. The minimum Gasteiger partial charge on any atom is -0.494 e. The first kappa shape index (κ1) is 35.2. The van der Waals surface area contributed by atoms with Gasteiger partial charge in [0.05, 0.1) is 31.7 Å². The van der Waals surface area contributed by atoms with E-state index in [2.05, 4.69) is 22.9 Å². The molecule has 0 aromatic heterocycles. The summed E-state index contributed by atoms with van der Waals surface area (Å²) in [5, 5.41) is 8.61. The molecule has 5 N–H and O–H groups in total. The second kappa shape index (κ2) is 15.8. The van der Waals surface area contributed by atoms with Crippen molar-refractivity contribution in [2.75, 3.05) is 13.2 Å². The summed E-state index contributed by atoms with van der Waals surface area (Å²) in [4.78, 5) is 30.1. The van der Waals surface area contributed by atoms with E-state index in [1.165, 1.54) is 17.1 Å². The highest BCUT2D eigenvalue weighted by Crippen LogP contribution is 2.31. The van der Waals surface area contributed by atoms with Crippen LogP contribution < -0.4 is 16.2 Å². The van der Waals surface area contributed by atoms with Crippen LogP contribution in [0.25, 0.3) is 0 Å². The summed E-state index contributed by atoms with van der Waals surface area (Å²) in [7, 11) is 0. The number of aliphatic hydroxyl groups excluding tert-OH is 1. The molecule has 2 amide bonds. The van der Waals surface area contributed by atoms with Crippen LogP contribution in [0.1, 0.15) is 69.3 Å². The fourth-order valence-electron chi connectivity index (χ4n) is 4.03. The van der Waals surface area contributed by atoms with Gasteiger partial charge in [-0.15, -0.1) is 0 Å². The summed E-state index contributed by atoms with van der Waals surface area (Å²) in [5.74, 6) is 0.173. The Balaban J connectivity index is 0.000000456. The van der Waals surface area contributed by atoms with Crippen LogP contribution in [0.15, 0.2) is 59.8 Å².